The molecule has 0 radical (unpaired) electrons. The van der Waals surface area contributed by atoms with Crippen molar-refractivity contribution in [2.24, 2.45) is 10.2 Å². The van der Waals surface area contributed by atoms with Crippen molar-refractivity contribution in [3.63, 3.8) is 0 Å². The van der Waals surface area contributed by atoms with Gasteiger partial charge in [0.15, 0.2) is 5.17 Å². The summed E-state index contributed by atoms with van der Waals surface area (Å²) in [5.41, 5.74) is 2.08. The van der Waals surface area contributed by atoms with Crippen LogP contribution in [0.3, 0.4) is 0 Å². The molecule has 158 valence electrons. The Balaban J connectivity index is 1.61. The van der Waals surface area contributed by atoms with Gasteiger partial charge in [-0.2, -0.15) is 5.10 Å². The Labute approximate surface area is 195 Å². The van der Waals surface area contributed by atoms with Gasteiger partial charge in [0.1, 0.15) is 0 Å². The minimum atomic E-state index is -0.0865. The van der Waals surface area contributed by atoms with Gasteiger partial charge in [0.25, 0.3) is 0 Å². The maximum atomic E-state index is 13.2. The number of fused-ring (bicyclic) bond motifs is 1. The van der Waals surface area contributed by atoms with Crippen molar-refractivity contribution < 1.29 is 4.79 Å². The first-order valence-electron chi connectivity index (χ1n) is 10.5. The SMILES string of the molecule is CCCC[C@@H]1S/C(=N/N=C\c2ccc(Br)cc2)N(Cc2cccc3ccccc23)C1=O. The molecule has 0 saturated carbocycles. The summed E-state index contributed by atoms with van der Waals surface area (Å²) in [7, 11) is 0. The van der Waals surface area contributed by atoms with E-state index in [0.29, 0.717) is 11.7 Å². The van der Waals surface area contributed by atoms with Crippen LogP contribution in [0.4, 0.5) is 0 Å². The number of amides is 1. The average molecular weight is 494 g/mol. The van der Waals surface area contributed by atoms with Crippen molar-refractivity contribution in [1.29, 1.82) is 0 Å². The van der Waals surface area contributed by atoms with Gasteiger partial charge in [-0.25, -0.2) is 0 Å². The summed E-state index contributed by atoms with van der Waals surface area (Å²) < 4.78 is 1.02. The maximum absolute atomic E-state index is 13.2. The van der Waals surface area contributed by atoms with E-state index in [2.05, 4.69) is 57.3 Å². The number of halogens is 1. The first-order valence-corrected chi connectivity index (χ1v) is 12.1. The average Bonchev–Trinajstić information content (AvgIpc) is 3.08. The molecule has 0 N–H and O–H groups in total. The lowest BCUT2D eigenvalue weighted by Gasteiger charge is -2.17. The van der Waals surface area contributed by atoms with E-state index >= 15 is 0 Å². The second-order valence-corrected chi connectivity index (χ2v) is 9.58. The van der Waals surface area contributed by atoms with Gasteiger partial charge in [0.05, 0.1) is 18.0 Å². The topological polar surface area (TPSA) is 45.0 Å². The van der Waals surface area contributed by atoms with E-state index in [1.807, 2.05) is 42.5 Å². The third-order valence-electron chi connectivity index (χ3n) is 5.27. The first kappa shape index (κ1) is 21.8. The lowest BCUT2D eigenvalue weighted by atomic mass is 10.0. The van der Waals surface area contributed by atoms with Crippen LogP contribution in [0.5, 0.6) is 0 Å². The van der Waals surface area contributed by atoms with E-state index in [4.69, 9.17) is 0 Å². The van der Waals surface area contributed by atoms with Gasteiger partial charge in [-0.05, 0) is 40.5 Å². The summed E-state index contributed by atoms with van der Waals surface area (Å²) in [5, 5.41) is 11.7. The van der Waals surface area contributed by atoms with Crippen molar-refractivity contribution in [1.82, 2.24) is 4.90 Å². The van der Waals surface area contributed by atoms with E-state index in [1.54, 1.807) is 11.1 Å². The molecular weight excluding hydrogens is 470 g/mol. The largest absolute Gasteiger partial charge is 0.284 e. The van der Waals surface area contributed by atoms with Gasteiger partial charge in [-0.15, -0.1) is 5.10 Å². The van der Waals surface area contributed by atoms with Crippen molar-refractivity contribution in [3.8, 4) is 0 Å². The lowest BCUT2D eigenvalue weighted by molar-refractivity contribution is -0.126. The number of nitrogens with zero attached hydrogens (tertiary/aromatic N) is 3. The van der Waals surface area contributed by atoms with Crippen LogP contribution >= 0.6 is 27.7 Å². The lowest BCUT2D eigenvalue weighted by Crippen LogP contribution is -2.31. The highest BCUT2D eigenvalue weighted by molar-refractivity contribution is 9.10. The second-order valence-electron chi connectivity index (χ2n) is 7.49. The third-order valence-corrected chi connectivity index (χ3v) is 7.03. The van der Waals surface area contributed by atoms with Crippen LogP contribution in [-0.2, 0) is 11.3 Å². The fourth-order valence-corrected chi connectivity index (χ4v) is 5.01. The normalized spacial score (nSPS) is 18.0. The number of amidine groups is 1. The zero-order chi connectivity index (χ0) is 21.6. The van der Waals surface area contributed by atoms with E-state index < -0.39 is 0 Å². The van der Waals surface area contributed by atoms with E-state index in [0.717, 1.165) is 40.2 Å². The number of thioether (sulfide) groups is 1. The summed E-state index contributed by atoms with van der Waals surface area (Å²) in [5.74, 6) is 0.129. The van der Waals surface area contributed by atoms with Crippen LogP contribution in [0.15, 0.2) is 81.4 Å². The molecule has 4 rings (SSSR count). The van der Waals surface area contributed by atoms with Crippen LogP contribution < -0.4 is 0 Å². The minimum Gasteiger partial charge on any atom is -0.284 e. The summed E-state index contributed by atoms with van der Waals surface area (Å²) in [6.45, 7) is 2.65. The highest BCUT2D eigenvalue weighted by Gasteiger charge is 2.37. The number of hydrogen-bond acceptors (Lipinski definition) is 4. The van der Waals surface area contributed by atoms with Crippen LogP contribution in [0.1, 0.15) is 37.3 Å². The van der Waals surface area contributed by atoms with Crippen LogP contribution in [-0.4, -0.2) is 27.4 Å². The zero-order valence-corrected chi connectivity index (χ0v) is 19.8. The number of hydrogen-bond donors (Lipinski definition) is 0. The van der Waals surface area contributed by atoms with Gasteiger partial charge < -0.3 is 0 Å². The molecule has 1 amide bonds. The predicted molar refractivity (Wildman–Crippen MR) is 135 cm³/mol. The molecule has 0 aliphatic carbocycles. The molecule has 1 heterocycles. The fourth-order valence-electron chi connectivity index (χ4n) is 3.60. The quantitative estimate of drug-likeness (QED) is 0.274. The Morgan fingerprint density at radius 1 is 1.06 bits per heavy atom. The molecule has 0 spiro atoms. The van der Waals surface area contributed by atoms with Gasteiger partial charge >= 0.3 is 0 Å². The van der Waals surface area contributed by atoms with Crippen LogP contribution in [0.2, 0.25) is 0 Å². The molecule has 1 aliphatic rings. The Morgan fingerprint density at radius 2 is 1.84 bits per heavy atom. The molecule has 1 fully saturated rings. The number of benzene rings is 3. The molecule has 1 atom stereocenters. The molecule has 6 heteroatoms. The number of carbonyl (C=O) groups excluding carboxylic acids is 1. The van der Waals surface area contributed by atoms with Crippen LogP contribution in [0.25, 0.3) is 10.8 Å². The zero-order valence-electron chi connectivity index (χ0n) is 17.4. The van der Waals surface area contributed by atoms with Crippen molar-refractivity contribution in [2.45, 2.75) is 38.0 Å². The molecule has 1 saturated heterocycles. The maximum Gasteiger partial charge on any atom is 0.242 e. The first-order chi connectivity index (χ1) is 15.2. The Morgan fingerprint density at radius 3 is 2.65 bits per heavy atom. The molecular formula is C25H24BrN3OS. The highest BCUT2D eigenvalue weighted by atomic mass is 79.9. The summed E-state index contributed by atoms with van der Waals surface area (Å²) in [6.07, 6.45) is 4.68. The number of carbonyl (C=O) groups is 1. The summed E-state index contributed by atoms with van der Waals surface area (Å²) in [6, 6.07) is 22.4. The molecule has 1 aliphatic heterocycles. The molecule has 3 aromatic carbocycles. The van der Waals surface area contributed by atoms with Gasteiger partial charge in [-0.1, -0.05) is 102 Å². The Kier molecular flexibility index (Phi) is 7.20. The molecule has 31 heavy (non-hydrogen) atoms. The Bertz CT molecular complexity index is 1120. The van der Waals surface area contributed by atoms with Gasteiger partial charge in [0.2, 0.25) is 5.91 Å². The van der Waals surface area contributed by atoms with Crippen molar-refractivity contribution >= 4 is 55.8 Å². The fraction of sp³-hybridized carbons (Fsp3) is 0.240. The molecule has 3 aromatic rings. The van der Waals surface area contributed by atoms with E-state index in [1.165, 1.54) is 17.1 Å². The van der Waals surface area contributed by atoms with Crippen molar-refractivity contribution in [2.75, 3.05) is 0 Å². The standard InChI is InChI=1S/C25H24BrN3OS/c1-2-3-11-23-24(30)29(17-20-9-6-8-19-7-4-5-10-22(19)20)25(31-23)28-27-16-18-12-14-21(26)15-13-18/h4-10,12-16,23H,2-3,11,17H2,1H3/b27-16-,28-25+/t23-/m0/s1. The molecule has 0 unspecified atom stereocenters. The molecule has 0 bridgehead atoms. The molecule has 0 aromatic heterocycles. The van der Waals surface area contributed by atoms with Crippen molar-refractivity contribution in [3.05, 3.63) is 82.3 Å². The molecule has 4 nitrogen and oxygen atoms in total. The highest BCUT2D eigenvalue weighted by Crippen LogP contribution is 2.33. The number of rotatable bonds is 7. The van der Waals surface area contributed by atoms with Gasteiger partial charge in [0, 0.05) is 4.47 Å². The van der Waals surface area contributed by atoms with Crippen LogP contribution in [0, 0.1) is 0 Å². The predicted octanol–water partition coefficient (Wildman–Crippen LogP) is 6.63. The van der Waals surface area contributed by atoms with E-state index in [9.17, 15) is 4.79 Å². The summed E-state index contributed by atoms with van der Waals surface area (Å²) in [4.78, 5) is 15.0. The monoisotopic (exact) mass is 493 g/mol. The number of unbranched alkanes of at least 4 members (excludes halogenated alkanes) is 1. The smallest absolute Gasteiger partial charge is 0.242 e. The van der Waals surface area contributed by atoms with Gasteiger partial charge in [-0.3, -0.25) is 9.69 Å². The summed E-state index contributed by atoms with van der Waals surface area (Å²) >= 11 is 4.97. The second kappa shape index (κ2) is 10.2. The minimum absolute atomic E-state index is 0.0865. The Hall–Kier alpha value is -2.44. The van der Waals surface area contributed by atoms with E-state index in [-0.39, 0.29) is 11.2 Å². The third kappa shape index (κ3) is 5.25.